The molecule has 0 fully saturated rings. The molecule has 0 bridgehead atoms. The first-order valence-corrected chi connectivity index (χ1v) is 11.4. The number of rotatable bonds is 4. The number of aromatic nitrogens is 2. The minimum atomic E-state index is -0.316. The van der Waals surface area contributed by atoms with Crippen LogP contribution in [0, 0.1) is 19.7 Å². The zero-order valence-electron chi connectivity index (χ0n) is 19.0. The third-order valence-corrected chi connectivity index (χ3v) is 6.25. The molecule has 1 atom stereocenters. The Bertz CT molecular complexity index is 1380. The third kappa shape index (κ3) is 4.10. The fraction of sp³-hybridized carbons (Fsp3) is 0.148. The number of halogens is 1. The average Bonchev–Trinajstić information content (AvgIpc) is 3.30. The molecule has 3 aromatic carbocycles. The van der Waals surface area contributed by atoms with Crippen LogP contribution in [0.5, 0.6) is 0 Å². The van der Waals surface area contributed by atoms with Gasteiger partial charge in [0.2, 0.25) is 5.82 Å². The Hall–Kier alpha value is -3.84. The first kappa shape index (κ1) is 22.0. The Morgan fingerprint density at radius 1 is 0.882 bits per heavy atom. The third-order valence-electron chi connectivity index (χ3n) is 5.95. The smallest absolute Gasteiger partial charge is 0.258 e. The van der Waals surface area contributed by atoms with Gasteiger partial charge in [0, 0.05) is 16.9 Å². The number of hydrogen-bond donors (Lipinski definition) is 1. The van der Waals surface area contributed by atoms with Crippen LogP contribution in [0.1, 0.15) is 35.5 Å². The van der Waals surface area contributed by atoms with Gasteiger partial charge in [0.1, 0.15) is 5.82 Å². The van der Waals surface area contributed by atoms with Crippen LogP contribution in [0.2, 0.25) is 0 Å². The summed E-state index contributed by atoms with van der Waals surface area (Å²) in [5.41, 5.74) is 6.72. The Kier molecular flexibility index (Phi) is 5.71. The fourth-order valence-electron chi connectivity index (χ4n) is 4.08. The first-order chi connectivity index (χ1) is 16.4. The highest BCUT2D eigenvalue weighted by molar-refractivity contribution is 7.80. The van der Waals surface area contributed by atoms with Crippen LogP contribution < -0.4 is 10.2 Å². The Morgan fingerprint density at radius 3 is 2.15 bits per heavy atom. The van der Waals surface area contributed by atoms with Gasteiger partial charge in [-0.05, 0) is 75.0 Å². The number of nitrogens with one attached hydrogen (secondary N) is 1. The fourth-order valence-corrected chi connectivity index (χ4v) is 4.44. The number of allylic oxidation sites excluding steroid dienone is 1. The lowest BCUT2D eigenvalue weighted by Crippen LogP contribution is -2.46. The van der Waals surface area contributed by atoms with Gasteiger partial charge in [-0.3, -0.25) is 4.90 Å². The van der Waals surface area contributed by atoms with Gasteiger partial charge in [-0.25, -0.2) is 4.39 Å². The zero-order valence-corrected chi connectivity index (χ0v) is 19.9. The number of aryl methyl sites for hydroxylation is 2. The van der Waals surface area contributed by atoms with E-state index in [1.54, 1.807) is 12.1 Å². The summed E-state index contributed by atoms with van der Waals surface area (Å²) in [7, 11) is 0. The molecule has 0 aliphatic carbocycles. The van der Waals surface area contributed by atoms with Gasteiger partial charge in [0.05, 0.1) is 11.6 Å². The highest BCUT2D eigenvalue weighted by atomic mass is 32.1. The summed E-state index contributed by atoms with van der Waals surface area (Å²) in [4.78, 5) is 6.66. The summed E-state index contributed by atoms with van der Waals surface area (Å²) in [6, 6.07) is 22.2. The maximum atomic E-state index is 13.4. The number of hydrogen-bond acceptors (Lipinski definition) is 4. The lowest BCUT2D eigenvalue weighted by Gasteiger charge is -2.37. The molecule has 0 saturated carbocycles. The predicted molar refractivity (Wildman–Crippen MR) is 136 cm³/mol. The van der Waals surface area contributed by atoms with Gasteiger partial charge in [-0.1, -0.05) is 52.7 Å². The van der Waals surface area contributed by atoms with Gasteiger partial charge in [0.15, 0.2) is 5.11 Å². The molecular formula is C27H23FN4OS. The summed E-state index contributed by atoms with van der Waals surface area (Å²) in [5, 5.41) is 8.24. The monoisotopic (exact) mass is 470 g/mol. The van der Waals surface area contributed by atoms with Crippen molar-refractivity contribution in [1.82, 2.24) is 15.5 Å². The van der Waals surface area contributed by atoms with Crippen molar-refractivity contribution in [2.24, 2.45) is 0 Å². The van der Waals surface area contributed by atoms with Crippen molar-refractivity contribution in [3.05, 3.63) is 107 Å². The SMILES string of the molecule is CC1=C(c2nc(-c3ccc(F)cc3)no2)C(c2ccc(C)cc2)NC(=S)N1c1ccc(C)cc1. The number of benzene rings is 3. The highest BCUT2D eigenvalue weighted by Crippen LogP contribution is 2.39. The minimum Gasteiger partial charge on any atom is -0.351 e. The maximum Gasteiger partial charge on any atom is 0.258 e. The van der Waals surface area contributed by atoms with Crippen LogP contribution in [0.3, 0.4) is 0 Å². The van der Waals surface area contributed by atoms with Crippen molar-refractivity contribution in [2.75, 3.05) is 4.90 Å². The predicted octanol–water partition coefficient (Wildman–Crippen LogP) is 6.36. The van der Waals surface area contributed by atoms with Crippen molar-refractivity contribution in [1.29, 1.82) is 0 Å². The number of nitrogens with zero attached hydrogens (tertiary/aromatic N) is 3. The van der Waals surface area contributed by atoms with Gasteiger partial charge in [-0.15, -0.1) is 0 Å². The summed E-state index contributed by atoms with van der Waals surface area (Å²) in [6.07, 6.45) is 0. The van der Waals surface area contributed by atoms with Crippen LogP contribution in [0.4, 0.5) is 10.1 Å². The number of anilines is 1. The van der Waals surface area contributed by atoms with Crippen LogP contribution >= 0.6 is 12.2 Å². The van der Waals surface area contributed by atoms with Crippen LogP contribution in [0.15, 0.2) is 83.0 Å². The second kappa shape index (κ2) is 8.83. The van der Waals surface area contributed by atoms with Crippen LogP contribution in [-0.4, -0.2) is 15.3 Å². The molecule has 1 aliphatic heterocycles. The molecule has 5 nitrogen and oxygen atoms in total. The molecule has 0 spiro atoms. The zero-order chi connectivity index (χ0) is 23.8. The molecule has 1 unspecified atom stereocenters. The molecule has 0 radical (unpaired) electrons. The van der Waals surface area contributed by atoms with Crippen molar-refractivity contribution < 1.29 is 8.91 Å². The lowest BCUT2D eigenvalue weighted by atomic mass is 9.94. The van der Waals surface area contributed by atoms with E-state index in [-0.39, 0.29) is 11.9 Å². The molecule has 4 aromatic rings. The molecule has 0 amide bonds. The molecule has 7 heteroatoms. The summed E-state index contributed by atoms with van der Waals surface area (Å²) in [6.45, 7) is 6.11. The molecule has 0 saturated heterocycles. The quantitative estimate of drug-likeness (QED) is 0.350. The van der Waals surface area contributed by atoms with Crippen LogP contribution in [-0.2, 0) is 0 Å². The Balaban J connectivity index is 1.64. The first-order valence-electron chi connectivity index (χ1n) is 11.0. The standard InChI is InChI=1S/C27H23FN4OS/c1-16-4-8-19(9-5-16)24-23(26-30-25(31-33-26)20-10-12-21(28)13-11-20)18(3)32(27(34)29-24)22-14-6-17(2)7-15-22/h4-15,24H,1-3H3,(H,29,34). The average molecular weight is 471 g/mol. The van der Waals surface area contributed by atoms with Gasteiger partial charge in [0.25, 0.3) is 5.89 Å². The molecule has 2 heterocycles. The minimum absolute atomic E-state index is 0.267. The molecule has 1 N–H and O–H groups in total. The van der Waals surface area contributed by atoms with E-state index in [2.05, 4.69) is 58.8 Å². The topological polar surface area (TPSA) is 54.2 Å². The molecule has 34 heavy (non-hydrogen) atoms. The van der Waals surface area contributed by atoms with E-state index in [9.17, 15) is 4.39 Å². The lowest BCUT2D eigenvalue weighted by molar-refractivity contribution is 0.404. The second-order valence-corrected chi connectivity index (χ2v) is 8.78. The highest BCUT2D eigenvalue weighted by Gasteiger charge is 2.34. The largest absolute Gasteiger partial charge is 0.351 e. The van der Waals surface area contributed by atoms with E-state index in [1.807, 2.05) is 30.9 Å². The summed E-state index contributed by atoms with van der Waals surface area (Å²) >= 11 is 5.80. The Labute approximate surface area is 202 Å². The molecule has 5 rings (SSSR count). The molecule has 1 aromatic heterocycles. The second-order valence-electron chi connectivity index (χ2n) is 8.39. The summed E-state index contributed by atoms with van der Waals surface area (Å²) in [5.74, 6) is 0.465. The Morgan fingerprint density at radius 2 is 1.50 bits per heavy atom. The van der Waals surface area contributed by atoms with E-state index >= 15 is 0 Å². The van der Waals surface area contributed by atoms with E-state index < -0.39 is 0 Å². The molecule has 170 valence electrons. The van der Waals surface area contributed by atoms with Crippen molar-refractivity contribution >= 4 is 28.6 Å². The van der Waals surface area contributed by atoms with E-state index in [4.69, 9.17) is 16.7 Å². The summed E-state index contributed by atoms with van der Waals surface area (Å²) < 4.78 is 19.1. The van der Waals surface area contributed by atoms with Crippen molar-refractivity contribution in [3.63, 3.8) is 0 Å². The normalized spacial score (nSPS) is 16.1. The number of thiocarbonyl (C=S) groups is 1. The molecular weight excluding hydrogens is 447 g/mol. The van der Waals surface area contributed by atoms with Gasteiger partial charge in [-0.2, -0.15) is 4.98 Å². The van der Waals surface area contributed by atoms with E-state index in [1.165, 1.54) is 23.3 Å². The van der Waals surface area contributed by atoms with E-state index in [0.717, 1.165) is 22.5 Å². The van der Waals surface area contributed by atoms with Gasteiger partial charge < -0.3 is 9.84 Å². The molecule has 1 aliphatic rings. The maximum absolute atomic E-state index is 13.4. The van der Waals surface area contributed by atoms with Gasteiger partial charge >= 0.3 is 0 Å². The van der Waals surface area contributed by atoms with E-state index in [0.29, 0.717) is 22.4 Å². The van der Waals surface area contributed by atoms with Crippen molar-refractivity contribution in [2.45, 2.75) is 26.8 Å². The van der Waals surface area contributed by atoms with Crippen molar-refractivity contribution in [3.8, 4) is 11.4 Å². The van der Waals surface area contributed by atoms with Crippen LogP contribution in [0.25, 0.3) is 17.0 Å².